The van der Waals surface area contributed by atoms with E-state index in [9.17, 15) is 8.42 Å². The fourth-order valence-electron chi connectivity index (χ4n) is 3.39. The van der Waals surface area contributed by atoms with Crippen molar-refractivity contribution in [1.29, 1.82) is 0 Å². The van der Waals surface area contributed by atoms with Gasteiger partial charge >= 0.3 is 0 Å². The van der Waals surface area contributed by atoms with Crippen molar-refractivity contribution in [3.63, 3.8) is 0 Å². The molecule has 118 valence electrons. The van der Waals surface area contributed by atoms with Crippen LogP contribution in [0.2, 0.25) is 0 Å². The molecule has 1 saturated carbocycles. The third-order valence-electron chi connectivity index (χ3n) is 4.65. The van der Waals surface area contributed by atoms with E-state index in [1.807, 2.05) is 7.05 Å². The molecule has 0 aromatic carbocycles. The molecule has 0 amide bonds. The van der Waals surface area contributed by atoms with Gasteiger partial charge in [-0.1, -0.05) is 13.3 Å². The minimum Gasteiger partial charge on any atom is -0.318 e. The normalized spacial score (nSPS) is 33.2. The van der Waals surface area contributed by atoms with Crippen molar-refractivity contribution in [3.05, 3.63) is 0 Å². The van der Waals surface area contributed by atoms with Crippen molar-refractivity contribution >= 4 is 10.2 Å². The summed E-state index contributed by atoms with van der Waals surface area (Å²) in [6, 6.07) is 0.238. The minimum absolute atomic E-state index is 0.105. The molecule has 2 aliphatic rings. The molecule has 2 fully saturated rings. The van der Waals surface area contributed by atoms with Gasteiger partial charge in [0.05, 0.1) is 0 Å². The topological polar surface area (TPSA) is 61.4 Å². The van der Waals surface area contributed by atoms with Crippen LogP contribution in [-0.2, 0) is 10.2 Å². The number of hydrogen-bond acceptors (Lipinski definition) is 3. The molecule has 1 unspecified atom stereocenters. The summed E-state index contributed by atoms with van der Waals surface area (Å²) in [5.74, 6) is 0.739. The van der Waals surface area contributed by atoms with Gasteiger partial charge in [-0.05, 0) is 51.5 Å². The summed E-state index contributed by atoms with van der Waals surface area (Å²) in [6.45, 7) is 3.64. The summed E-state index contributed by atoms with van der Waals surface area (Å²) in [6.07, 6.45) is 7.28. The first-order valence-corrected chi connectivity index (χ1v) is 9.40. The summed E-state index contributed by atoms with van der Waals surface area (Å²) >= 11 is 0. The fraction of sp³-hybridized carbons (Fsp3) is 1.00. The molecule has 0 spiro atoms. The van der Waals surface area contributed by atoms with Gasteiger partial charge in [0.1, 0.15) is 0 Å². The van der Waals surface area contributed by atoms with Crippen LogP contribution in [0.25, 0.3) is 0 Å². The van der Waals surface area contributed by atoms with Crippen molar-refractivity contribution < 1.29 is 8.42 Å². The van der Waals surface area contributed by atoms with E-state index >= 15 is 0 Å². The molecule has 5 nitrogen and oxygen atoms in total. The van der Waals surface area contributed by atoms with E-state index in [0.29, 0.717) is 6.54 Å². The first-order chi connectivity index (χ1) is 9.53. The average molecular weight is 303 g/mol. The maximum atomic E-state index is 12.6. The van der Waals surface area contributed by atoms with Crippen LogP contribution in [0.5, 0.6) is 0 Å². The molecule has 1 atom stereocenters. The number of rotatable bonds is 5. The summed E-state index contributed by atoms with van der Waals surface area (Å²) < 4.78 is 29.8. The van der Waals surface area contributed by atoms with E-state index < -0.39 is 10.2 Å². The SMILES string of the molecule is CNCC1CCCCN1S(=O)(=O)NC1CCC(C)CC1. The van der Waals surface area contributed by atoms with Gasteiger partial charge in [0.25, 0.3) is 10.2 Å². The van der Waals surface area contributed by atoms with Crippen LogP contribution in [0.1, 0.15) is 51.9 Å². The van der Waals surface area contributed by atoms with Crippen LogP contribution in [0.3, 0.4) is 0 Å². The Morgan fingerprint density at radius 3 is 2.45 bits per heavy atom. The molecule has 1 aliphatic heterocycles. The van der Waals surface area contributed by atoms with Gasteiger partial charge in [-0.2, -0.15) is 17.4 Å². The average Bonchev–Trinajstić information content (AvgIpc) is 2.42. The van der Waals surface area contributed by atoms with E-state index in [2.05, 4.69) is 17.0 Å². The second-order valence-electron chi connectivity index (χ2n) is 6.40. The van der Waals surface area contributed by atoms with Gasteiger partial charge in [-0.15, -0.1) is 0 Å². The quantitative estimate of drug-likeness (QED) is 0.808. The molecule has 20 heavy (non-hydrogen) atoms. The second kappa shape index (κ2) is 7.20. The zero-order valence-corrected chi connectivity index (χ0v) is 13.6. The molecule has 0 aromatic rings. The van der Waals surface area contributed by atoms with Crippen LogP contribution >= 0.6 is 0 Å². The van der Waals surface area contributed by atoms with Crippen LogP contribution in [0.15, 0.2) is 0 Å². The lowest BCUT2D eigenvalue weighted by Gasteiger charge is -2.36. The van der Waals surface area contributed by atoms with Crippen molar-refractivity contribution in [3.8, 4) is 0 Å². The van der Waals surface area contributed by atoms with Gasteiger partial charge in [0, 0.05) is 25.2 Å². The molecule has 1 aliphatic carbocycles. The standard InChI is InChI=1S/C14H29N3O2S/c1-12-6-8-13(9-7-12)16-20(18,19)17-10-4-3-5-14(17)11-15-2/h12-16H,3-11H2,1-2H3. The zero-order chi connectivity index (χ0) is 14.6. The Morgan fingerprint density at radius 2 is 1.80 bits per heavy atom. The first kappa shape index (κ1) is 16.2. The molecule has 0 bridgehead atoms. The minimum atomic E-state index is -3.33. The summed E-state index contributed by atoms with van der Waals surface area (Å²) in [5, 5.41) is 3.12. The van der Waals surface area contributed by atoms with Crippen molar-refractivity contribution in [2.45, 2.75) is 64.0 Å². The van der Waals surface area contributed by atoms with E-state index in [4.69, 9.17) is 0 Å². The Bertz CT molecular complexity index is 389. The lowest BCUT2D eigenvalue weighted by Crippen LogP contribution is -2.54. The van der Waals surface area contributed by atoms with Crippen LogP contribution in [0, 0.1) is 5.92 Å². The smallest absolute Gasteiger partial charge is 0.279 e. The highest BCUT2D eigenvalue weighted by Crippen LogP contribution is 2.25. The van der Waals surface area contributed by atoms with Gasteiger partial charge < -0.3 is 5.32 Å². The lowest BCUT2D eigenvalue weighted by molar-refractivity contribution is 0.241. The van der Waals surface area contributed by atoms with E-state index in [1.54, 1.807) is 4.31 Å². The Kier molecular flexibility index (Phi) is 5.84. The zero-order valence-electron chi connectivity index (χ0n) is 12.8. The van der Waals surface area contributed by atoms with E-state index in [-0.39, 0.29) is 12.1 Å². The van der Waals surface area contributed by atoms with Gasteiger partial charge in [0.2, 0.25) is 0 Å². The van der Waals surface area contributed by atoms with Crippen LogP contribution < -0.4 is 10.0 Å². The molecule has 1 saturated heterocycles. The number of nitrogens with one attached hydrogen (secondary N) is 2. The van der Waals surface area contributed by atoms with Crippen molar-refractivity contribution in [1.82, 2.24) is 14.3 Å². The highest BCUT2D eigenvalue weighted by atomic mass is 32.2. The van der Waals surface area contributed by atoms with Crippen molar-refractivity contribution in [2.75, 3.05) is 20.1 Å². The Labute approximate surface area is 123 Å². The number of hydrogen-bond donors (Lipinski definition) is 2. The molecule has 2 rings (SSSR count). The summed E-state index contributed by atoms with van der Waals surface area (Å²) in [4.78, 5) is 0. The Morgan fingerprint density at radius 1 is 1.10 bits per heavy atom. The Balaban J connectivity index is 1.97. The van der Waals surface area contributed by atoms with Gasteiger partial charge in [0.15, 0.2) is 0 Å². The first-order valence-electron chi connectivity index (χ1n) is 7.96. The predicted molar refractivity (Wildman–Crippen MR) is 81.7 cm³/mol. The van der Waals surface area contributed by atoms with Gasteiger partial charge in [-0.3, -0.25) is 0 Å². The van der Waals surface area contributed by atoms with Crippen molar-refractivity contribution in [2.24, 2.45) is 5.92 Å². The lowest BCUT2D eigenvalue weighted by atomic mass is 9.88. The molecule has 2 N–H and O–H groups in total. The summed E-state index contributed by atoms with van der Waals surface area (Å²) in [5.41, 5.74) is 0. The second-order valence-corrected chi connectivity index (χ2v) is 8.05. The highest BCUT2D eigenvalue weighted by Gasteiger charge is 2.33. The molecular weight excluding hydrogens is 274 g/mol. The highest BCUT2D eigenvalue weighted by molar-refractivity contribution is 7.87. The van der Waals surface area contributed by atoms with Crippen LogP contribution in [-0.4, -0.2) is 44.9 Å². The third kappa shape index (κ3) is 4.16. The van der Waals surface area contributed by atoms with E-state index in [1.165, 1.54) is 0 Å². The molecule has 0 radical (unpaired) electrons. The monoisotopic (exact) mass is 303 g/mol. The number of piperidine rings is 1. The number of nitrogens with zero attached hydrogens (tertiary/aromatic N) is 1. The third-order valence-corrected chi connectivity index (χ3v) is 6.38. The largest absolute Gasteiger partial charge is 0.318 e. The predicted octanol–water partition coefficient (Wildman–Crippen LogP) is 1.47. The summed E-state index contributed by atoms with van der Waals surface area (Å²) in [7, 11) is -1.44. The maximum absolute atomic E-state index is 12.6. The molecule has 1 heterocycles. The maximum Gasteiger partial charge on any atom is 0.279 e. The fourth-order valence-corrected chi connectivity index (χ4v) is 5.12. The van der Waals surface area contributed by atoms with E-state index in [0.717, 1.165) is 57.4 Å². The molecule has 0 aromatic heterocycles. The molecular formula is C14H29N3O2S. The number of likely N-dealkylation sites (N-methyl/N-ethyl adjacent to an activating group) is 1. The molecule has 6 heteroatoms. The van der Waals surface area contributed by atoms with Gasteiger partial charge in [-0.25, -0.2) is 0 Å². The Hall–Kier alpha value is -0.170. The van der Waals surface area contributed by atoms with Crippen LogP contribution in [0.4, 0.5) is 0 Å².